The lowest BCUT2D eigenvalue weighted by Gasteiger charge is -2.27. The molecule has 0 aromatic carbocycles. The van der Waals surface area contributed by atoms with Crippen molar-refractivity contribution in [3.05, 3.63) is 0 Å². The number of nitrogens with zero attached hydrogens (tertiary/aromatic N) is 1. The predicted molar refractivity (Wildman–Crippen MR) is 63.9 cm³/mol. The maximum absolute atomic E-state index is 10.8. The predicted octanol–water partition coefficient (Wildman–Crippen LogP) is -1.91. The molecule has 0 radical (unpaired) electrons. The molecular weight excluding hydrogens is 304 g/mol. The molecular formula is C7H17NO9P2. The molecule has 0 aromatic heterocycles. The van der Waals surface area contributed by atoms with E-state index in [1.54, 1.807) is 0 Å². The van der Waals surface area contributed by atoms with Crippen molar-refractivity contribution >= 4 is 21.2 Å². The molecule has 1 atom stereocenters. The second-order valence-corrected chi connectivity index (χ2v) is 7.40. The molecule has 10 nitrogen and oxygen atoms in total. The van der Waals surface area contributed by atoms with Crippen LogP contribution >= 0.6 is 15.2 Å². The lowest BCUT2D eigenvalue weighted by Crippen LogP contribution is -2.46. The van der Waals surface area contributed by atoms with Gasteiger partial charge in [0.05, 0.1) is 18.9 Å². The Morgan fingerprint density at radius 3 is 1.58 bits per heavy atom. The van der Waals surface area contributed by atoms with Gasteiger partial charge in [-0.25, -0.2) is 0 Å². The first-order chi connectivity index (χ1) is 8.46. The number of carboxylic acids is 1. The summed E-state index contributed by atoms with van der Waals surface area (Å²) in [6, 6.07) is -1.47. The quantitative estimate of drug-likeness (QED) is 0.263. The molecule has 6 N–H and O–H groups in total. The summed E-state index contributed by atoms with van der Waals surface area (Å²) in [5, 5.41) is 17.7. The van der Waals surface area contributed by atoms with Crippen LogP contribution in [0.5, 0.6) is 0 Å². The molecule has 0 rings (SSSR count). The van der Waals surface area contributed by atoms with Crippen molar-refractivity contribution < 1.29 is 43.7 Å². The SMILES string of the molecule is O=C(O)C(CO)N(CCP(=O)(O)O)CCP(=O)(O)O. The minimum absolute atomic E-state index is 0.401. The summed E-state index contributed by atoms with van der Waals surface area (Å²) in [4.78, 5) is 46.6. The Labute approximate surface area is 109 Å². The van der Waals surface area contributed by atoms with Crippen molar-refractivity contribution in [1.29, 1.82) is 0 Å². The van der Waals surface area contributed by atoms with E-state index >= 15 is 0 Å². The molecule has 0 aliphatic rings. The molecule has 0 amide bonds. The first kappa shape index (κ1) is 18.7. The van der Waals surface area contributed by atoms with Gasteiger partial charge in [-0.05, 0) is 0 Å². The van der Waals surface area contributed by atoms with E-state index < -0.39 is 59.2 Å². The number of carboxylic acid groups (broad SMARTS) is 1. The van der Waals surface area contributed by atoms with Gasteiger partial charge in [0.2, 0.25) is 0 Å². The Kier molecular flexibility index (Phi) is 7.34. The highest BCUT2D eigenvalue weighted by molar-refractivity contribution is 7.52. The summed E-state index contributed by atoms with van der Waals surface area (Å²) < 4.78 is 21.4. The highest BCUT2D eigenvalue weighted by atomic mass is 31.2. The van der Waals surface area contributed by atoms with Crippen molar-refractivity contribution in [1.82, 2.24) is 4.90 Å². The van der Waals surface area contributed by atoms with E-state index in [4.69, 9.17) is 29.8 Å². The van der Waals surface area contributed by atoms with Crippen molar-refractivity contribution in [2.75, 3.05) is 32.0 Å². The molecule has 0 saturated heterocycles. The van der Waals surface area contributed by atoms with Crippen LogP contribution in [0, 0.1) is 0 Å². The van der Waals surface area contributed by atoms with E-state index in [0.717, 1.165) is 4.90 Å². The van der Waals surface area contributed by atoms with E-state index in [2.05, 4.69) is 0 Å². The van der Waals surface area contributed by atoms with Gasteiger partial charge in [-0.2, -0.15) is 0 Å². The van der Waals surface area contributed by atoms with E-state index in [9.17, 15) is 13.9 Å². The maximum atomic E-state index is 10.8. The Morgan fingerprint density at radius 2 is 1.37 bits per heavy atom. The smallest absolute Gasteiger partial charge is 0.326 e. The first-order valence-corrected chi connectivity index (χ1v) is 8.72. The molecule has 0 heterocycles. The van der Waals surface area contributed by atoms with Crippen molar-refractivity contribution in [3.8, 4) is 0 Å². The monoisotopic (exact) mass is 321 g/mol. The van der Waals surface area contributed by atoms with Crippen molar-refractivity contribution in [2.24, 2.45) is 0 Å². The number of aliphatic hydroxyl groups excluding tert-OH is 1. The van der Waals surface area contributed by atoms with E-state index in [1.165, 1.54) is 0 Å². The van der Waals surface area contributed by atoms with Crippen LogP contribution in [0.25, 0.3) is 0 Å². The van der Waals surface area contributed by atoms with Crippen molar-refractivity contribution in [3.63, 3.8) is 0 Å². The van der Waals surface area contributed by atoms with Crippen LogP contribution in [-0.2, 0) is 13.9 Å². The normalized spacial score (nSPS) is 14.6. The van der Waals surface area contributed by atoms with E-state index in [0.29, 0.717) is 0 Å². The number of hydrogen-bond acceptors (Lipinski definition) is 5. The fraction of sp³-hybridized carbons (Fsp3) is 0.857. The lowest BCUT2D eigenvalue weighted by atomic mass is 10.2. The number of carbonyl (C=O) groups is 1. The van der Waals surface area contributed by atoms with Crippen LogP contribution in [0.15, 0.2) is 0 Å². The van der Waals surface area contributed by atoms with Crippen molar-refractivity contribution in [2.45, 2.75) is 6.04 Å². The topological polar surface area (TPSA) is 176 Å². The van der Waals surface area contributed by atoms with Crippen LogP contribution in [-0.4, -0.2) is 78.7 Å². The molecule has 1 unspecified atom stereocenters. The largest absolute Gasteiger partial charge is 0.480 e. The highest BCUT2D eigenvalue weighted by Gasteiger charge is 2.28. The summed E-state index contributed by atoms with van der Waals surface area (Å²) in [5.41, 5.74) is 0. The van der Waals surface area contributed by atoms with Gasteiger partial charge in [-0.15, -0.1) is 0 Å². The lowest BCUT2D eigenvalue weighted by molar-refractivity contribution is -0.144. The molecule has 12 heteroatoms. The summed E-state index contributed by atoms with van der Waals surface area (Å²) in [6.07, 6.45) is -1.34. The van der Waals surface area contributed by atoms with Gasteiger partial charge >= 0.3 is 21.2 Å². The Morgan fingerprint density at radius 1 is 1.00 bits per heavy atom. The Hall–Kier alpha value is -0.310. The van der Waals surface area contributed by atoms with Crippen LogP contribution in [0.4, 0.5) is 0 Å². The second kappa shape index (κ2) is 7.47. The first-order valence-electron chi connectivity index (χ1n) is 5.13. The molecule has 0 fully saturated rings. The Balaban J connectivity index is 4.76. The highest BCUT2D eigenvalue weighted by Crippen LogP contribution is 2.35. The maximum Gasteiger partial charge on any atom is 0.326 e. The van der Waals surface area contributed by atoms with Gasteiger partial charge in [0, 0.05) is 13.1 Å². The minimum Gasteiger partial charge on any atom is -0.480 e. The summed E-state index contributed by atoms with van der Waals surface area (Å²) in [7, 11) is -8.75. The van der Waals surface area contributed by atoms with Gasteiger partial charge in [-0.3, -0.25) is 18.8 Å². The zero-order chi connectivity index (χ0) is 15.3. The molecule has 0 spiro atoms. The van der Waals surface area contributed by atoms with E-state index in [-0.39, 0.29) is 0 Å². The van der Waals surface area contributed by atoms with Gasteiger partial charge < -0.3 is 29.8 Å². The van der Waals surface area contributed by atoms with Gasteiger partial charge in [0.25, 0.3) is 0 Å². The fourth-order valence-corrected chi connectivity index (χ4v) is 2.33. The summed E-state index contributed by atoms with van der Waals surface area (Å²) in [5.74, 6) is -1.45. The van der Waals surface area contributed by atoms with Gasteiger partial charge in [0.1, 0.15) is 6.04 Å². The molecule has 19 heavy (non-hydrogen) atoms. The molecule has 0 aliphatic heterocycles. The molecule has 0 bridgehead atoms. The molecule has 0 saturated carbocycles. The number of hydrogen-bond donors (Lipinski definition) is 6. The van der Waals surface area contributed by atoms with Crippen LogP contribution in [0.3, 0.4) is 0 Å². The third-order valence-corrected chi connectivity index (χ3v) is 3.82. The zero-order valence-electron chi connectivity index (χ0n) is 9.86. The minimum atomic E-state index is -4.37. The average molecular weight is 321 g/mol. The standard InChI is InChI=1S/C7H17NO9P2/c9-5-6(7(10)11)8(1-3-18(12,13)14)2-4-19(15,16)17/h6,9H,1-5H2,(H,10,11)(H2,12,13,14)(H2,15,16,17). The second-order valence-electron chi connectivity index (χ2n) is 3.85. The van der Waals surface area contributed by atoms with Crippen LogP contribution in [0.2, 0.25) is 0 Å². The number of aliphatic carboxylic acids is 1. The van der Waals surface area contributed by atoms with E-state index in [1.807, 2.05) is 0 Å². The number of rotatable bonds is 9. The zero-order valence-corrected chi connectivity index (χ0v) is 11.7. The third kappa shape index (κ3) is 9.26. The average Bonchev–Trinajstić information content (AvgIpc) is 2.18. The molecule has 0 aromatic rings. The van der Waals surface area contributed by atoms with Gasteiger partial charge in [0.15, 0.2) is 0 Å². The fourth-order valence-electron chi connectivity index (χ4n) is 1.29. The Bertz CT molecular complexity index is 362. The summed E-state index contributed by atoms with van der Waals surface area (Å²) >= 11 is 0. The third-order valence-electron chi connectivity index (χ3n) is 2.26. The van der Waals surface area contributed by atoms with Crippen LogP contribution < -0.4 is 0 Å². The molecule has 0 aliphatic carbocycles. The van der Waals surface area contributed by atoms with Gasteiger partial charge in [-0.1, -0.05) is 0 Å². The molecule has 114 valence electrons. The number of aliphatic hydroxyl groups is 1. The summed E-state index contributed by atoms with van der Waals surface area (Å²) in [6.45, 7) is -1.64. The van der Waals surface area contributed by atoms with Crippen LogP contribution in [0.1, 0.15) is 0 Å².